The molecule has 1 aliphatic rings. The fraction of sp³-hybridized carbons (Fsp3) is 0.583. The van der Waals surface area contributed by atoms with Crippen LogP contribution >= 0.6 is 23.1 Å². The molecule has 0 unspecified atom stereocenters. The number of rotatable bonds is 5. The first-order valence-electron chi connectivity index (χ1n) is 5.96. The SMILES string of the molecule is CSc1sc(C(=O)NC2CC2)c(N)c1OC(C)C. The van der Waals surface area contributed by atoms with Crippen LogP contribution in [0.25, 0.3) is 0 Å². The molecule has 3 N–H and O–H groups in total. The Bertz CT molecular complexity index is 453. The van der Waals surface area contributed by atoms with E-state index in [1.807, 2.05) is 20.1 Å². The van der Waals surface area contributed by atoms with Crippen molar-refractivity contribution in [1.29, 1.82) is 0 Å². The van der Waals surface area contributed by atoms with E-state index in [4.69, 9.17) is 10.5 Å². The van der Waals surface area contributed by atoms with Crippen molar-refractivity contribution in [3.63, 3.8) is 0 Å². The highest BCUT2D eigenvalue weighted by Crippen LogP contribution is 2.44. The number of nitrogen functional groups attached to an aromatic ring is 1. The number of thioether (sulfide) groups is 1. The lowest BCUT2D eigenvalue weighted by Gasteiger charge is -2.10. The van der Waals surface area contributed by atoms with Crippen molar-refractivity contribution in [2.24, 2.45) is 0 Å². The van der Waals surface area contributed by atoms with Gasteiger partial charge in [-0.05, 0) is 32.9 Å². The van der Waals surface area contributed by atoms with Crippen LogP contribution in [0.5, 0.6) is 5.75 Å². The Hall–Kier alpha value is -0.880. The van der Waals surface area contributed by atoms with Gasteiger partial charge in [0.25, 0.3) is 5.91 Å². The van der Waals surface area contributed by atoms with Gasteiger partial charge >= 0.3 is 0 Å². The van der Waals surface area contributed by atoms with Crippen LogP contribution in [0, 0.1) is 0 Å². The molecule has 0 spiro atoms. The zero-order valence-corrected chi connectivity index (χ0v) is 12.4. The normalized spacial score (nSPS) is 14.9. The van der Waals surface area contributed by atoms with Gasteiger partial charge in [0.2, 0.25) is 0 Å². The summed E-state index contributed by atoms with van der Waals surface area (Å²) in [6.45, 7) is 3.90. The van der Waals surface area contributed by atoms with Gasteiger partial charge in [-0.25, -0.2) is 0 Å². The summed E-state index contributed by atoms with van der Waals surface area (Å²) < 4.78 is 6.66. The number of carbonyl (C=O) groups is 1. The van der Waals surface area contributed by atoms with Gasteiger partial charge in [0.1, 0.15) is 9.09 Å². The molecule has 1 fully saturated rings. The molecule has 6 heteroatoms. The van der Waals surface area contributed by atoms with Crippen molar-refractivity contribution in [3.05, 3.63) is 4.88 Å². The summed E-state index contributed by atoms with van der Waals surface area (Å²) in [4.78, 5) is 12.6. The molecule has 1 amide bonds. The molecule has 1 saturated carbocycles. The van der Waals surface area contributed by atoms with Crippen LogP contribution < -0.4 is 15.8 Å². The minimum absolute atomic E-state index is 0.0483. The van der Waals surface area contributed by atoms with Crippen LogP contribution in [0.15, 0.2) is 4.21 Å². The highest BCUT2D eigenvalue weighted by molar-refractivity contribution is 8.00. The number of hydrogen-bond acceptors (Lipinski definition) is 5. The van der Waals surface area contributed by atoms with Gasteiger partial charge in [-0.2, -0.15) is 0 Å². The van der Waals surface area contributed by atoms with Gasteiger partial charge in [0.05, 0.1) is 11.8 Å². The second kappa shape index (κ2) is 5.40. The van der Waals surface area contributed by atoms with Crippen LogP contribution in [-0.4, -0.2) is 24.3 Å². The van der Waals surface area contributed by atoms with Crippen molar-refractivity contribution < 1.29 is 9.53 Å². The average Bonchev–Trinajstić information content (AvgIpc) is 3.05. The monoisotopic (exact) mass is 286 g/mol. The van der Waals surface area contributed by atoms with E-state index in [9.17, 15) is 4.79 Å². The molecule has 1 heterocycles. The number of hydrogen-bond donors (Lipinski definition) is 2. The number of nitrogens with two attached hydrogens (primary N) is 1. The molecule has 100 valence electrons. The third-order valence-corrected chi connectivity index (χ3v) is 4.81. The lowest BCUT2D eigenvalue weighted by atomic mass is 10.3. The molecule has 0 aromatic carbocycles. The summed E-state index contributed by atoms with van der Waals surface area (Å²) in [5, 5.41) is 2.96. The standard InChI is InChI=1S/C12H18N2O2S2/c1-6(2)16-9-8(13)10(18-12(9)17-3)11(15)14-7-4-5-7/h6-7H,4-5,13H2,1-3H3,(H,14,15). The number of carbonyl (C=O) groups excluding carboxylic acids is 1. The fourth-order valence-electron chi connectivity index (χ4n) is 1.54. The van der Waals surface area contributed by atoms with E-state index >= 15 is 0 Å². The first kappa shape index (κ1) is 13.5. The fourth-order valence-corrected chi connectivity index (χ4v) is 3.25. The number of nitrogens with one attached hydrogen (secondary N) is 1. The highest BCUT2D eigenvalue weighted by atomic mass is 32.2. The predicted molar refractivity (Wildman–Crippen MR) is 76.8 cm³/mol. The third-order valence-electron chi connectivity index (χ3n) is 2.53. The number of ether oxygens (including phenoxy) is 1. The summed E-state index contributed by atoms with van der Waals surface area (Å²) in [6.07, 6.45) is 4.15. The van der Waals surface area contributed by atoms with Crippen molar-refractivity contribution in [3.8, 4) is 5.75 Å². The van der Waals surface area contributed by atoms with E-state index in [2.05, 4.69) is 5.32 Å². The number of anilines is 1. The van der Waals surface area contributed by atoms with Gasteiger partial charge in [-0.3, -0.25) is 4.79 Å². The largest absolute Gasteiger partial charge is 0.487 e. The third kappa shape index (κ3) is 2.92. The molecule has 2 rings (SSSR count). The minimum Gasteiger partial charge on any atom is -0.487 e. The Morgan fingerprint density at radius 2 is 2.22 bits per heavy atom. The van der Waals surface area contributed by atoms with Gasteiger partial charge in [0.15, 0.2) is 5.75 Å². The molecular weight excluding hydrogens is 268 g/mol. The van der Waals surface area contributed by atoms with E-state index in [-0.39, 0.29) is 12.0 Å². The summed E-state index contributed by atoms with van der Waals surface area (Å²) in [6, 6.07) is 0.339. The first-order valence-corrected chi connectivity index (χ1v) is 8.00. The van der Waals surface area contributed by atoms with Crippen LogP contribution in [0.1, 0.15) is 36.4 Å². The molecule has 0 aliphatic heterocycles. The van der Waals surface area contributed by atoms with Gasteiger partial charge in [0, 0.05) is 6.04 Å². The highest BCUT2D eigenvalue weighted by Gasteiger charge is 2.28. The van der Waals surface area contributed by atoms with Crippen LogP contribution in [0.4, 0.5) is 5.69 Å². The van der Waals surface area contributed by atoms with Crippen LogP contribution in [-0.2, 0) is 0 Å². The second-order valence-corrected chi connectivity index (χ2v) is 6.68. The molecule has 4 nitrogen and oxygen atoms in total. The Morgan fingerprint density at radius 1 is 1.56 bits per heavy atom. The molecule has 1 aliphatic carbocycles. The first-order chi connectivity index (χ1) is 8.52. The molecule has 0 saturated heterocycles. The molecule has 18 heavy (non-hydrogen) atoms. The predicted octanol–water partition coefficient (Wildman–Crippen LogP) is 2.73. The Labute approximate surface area is 115 Å². The van der Waals surface area contributed by atoms with E-state index in [0.29, 0.717) is 22.4 Å². The number of amides is 1. The summed E-state index contributed by atoms with van der Waals surface area (Å²) >= 11 is 2.96. The van der Waals surface area contributed by atoms with E-state index in [1.54, 1.807) is 11.8 Å². The zero-order valence-electron chi connectivity index (χ0n) is 10.8. The molecule has 0 radical (unpaired) electrons. The van der Waals surface area contributed by atoms with Gasteiger partial charge in [-0.1, -0.05) is 0 Å². The van der Waals surface area contributed by atoms with Crippen molar-refractivity contribution in [2.45, 2.75) is 43.0 Å². The maximum atomic E-state index is 12.0. The van der Waals surface area contributed by atoms with Crippen molar-refractivity contribution in [1.82, 2.24) is 5.32 Å². The maximum Gasteiger partial charge on any atom is 0.263 e. The molecule has 1 aromatic heterocycles. The second-order valence-electron chi connectivity index (χ2n) is 4.58. The summed E-state index contributed by atoms with van der Waals surface area (Å²) in [5.74, 6) is 0.581. The quantitative estimate of drug-likeness (QED) is 0.817. The van der Waals surface area contributed by atoms with Crippen molar-refractivity contribution >= 4 is 34.7 Å². The Balaban J connectivity index is 2.24. The van der Waals surface area contributed by atoms with Gasteiger partial charge < -0.3 is 15.8 Å². The lowest BCUT2D eigenvalue weighted by molar-refractivity contribution is 0.0955. The Morgan fingerprint density at radius 3 is 2.72 bits per heavy atom. The average molecular weight is 286 g/mol. The van der Waals surface area contributed by atoms with E-state index in [1.165, 1.54) is 11.3 Å². The minimum atomic E-state index is -0.0751. The van der Waals surface area contributed by atoms with Crippen LogP contribution in [0.3, 0.4) is 0 Å². The molecule has 0 bridgehead atoms. The van der Waals surface area contributed by atoms with E-state index in [0.717, 1.165) is 17.1 Å². The van der Waals surface area contributed by atoms with Crippen LogP contribution in [0.2, 0.25) is 0 Å². The summed E-state index contributed by atoms with van der Waals surface area (Å²) in [7, 11) is 0. The van der Waals surface area contributed by atoms with Crippen molar-refractivity contribution in [2.75, 3.05) is 12.0 Å². The summed E-state index contributed by atoms with van der Waals surface area (Å²) in [5.41, 5.74) is 6.51. The Kier molecular flexibility index (Phi) is 4.07. The van der Waals surface area contributed by atoms with Gasteiger partial charge in [-0.15, -0.1) is 23.1 Å². The number of thiophene rings is 1. The molecule has 0 atom stereocenters. The topological polar surface area (TPSA) is 64.4 Å². The van der Waals surface area contributed by atoms with E-state index < -0.39 is 0 Å². The smallest absolute Gasteiger partial charge is 0.263 e. The zero-order chi connectivity index (χ0) is 13.3. The lowest BCUT2D eigenvalue weighted by Crippen LogP contribution is -2.25. The molecule has 1 aromatic rings. The molecular formula is C12H18N2O2S2. The maximum absolute atomic E-state index is 12.0.